The summed E-state index contributed by atoms with van der Waals surface area (Å²) in [6.45, 7) is 2.30. The summed E-state index contributed by atoms with van der Waals surface area (Å²) in [5, 5.41) is 8.60. The van der Waals surface area contributed by atoms with Crippen molar-refractivity contribution in [2.24, 2.45) is 0 Å². The number of hydrogen-bond acceptors (Lipinski definition) is 3. The van der Waals surface area contributed by atoms with Gasteiger partial charge < -0.3 is 4.90 Å². The number of rotatable bonds is 1. The maximum absolute atomic E-state index is 4.36. The fourth-order valence-electron chi connectivity index (χ4n) is 2.43. The number of pyridine rings is 1. The summed E-state index contributed by atoms with van der Waals surface area (Å²) in [7, 11) is 2.18. The molecule has 0 aliphatic carbocycles. The number of nitrogens with zero attached hydrogens (tertiary/aromatic N) is 4. The van der Waals surface area contributed by atoms with Gasteiger partial charge in [-0.15, -0.1) is 10.2 Å². The highest BCUT2D eigenvalue weighted by molar-refractivity contribution is 9.10. The van der Waals surface area contributed by atoms with E-state index in [4.69, 9.17) is 0 Å². The lowest BCUT2D eigenvalue weighted by molar-refractivity contribution is 0.250. The van der Waals surface area contributed by atoms with Gasteiger partial charge in [0.1, 0.15) is 5.82 Å². The molecular formula is C12H15BrN4. The standard InChI is InChI=1S/C12H15BrN4/c1-16-5-2-9(3-6-16)12-15-14-11-8-10(13)4-7-17(11)12/h4,7-9H,2-3,5-6H2,1H3. The lowest BCUT2D eigenvalue weighted by atomic mass is 9.96. The average molecular weight is 295 g/mol. The molecule has 1 aliphatic heterocycles. The van der Waals surface area contributed by atoms with Crippen LogP contribution in [0.25, 0.3) is 5.65 Å². The number of hydrogen-bond donors (Lipinski definition) is 0. The molecule has 2 aromatic rings. The summed E-state index contributed by atoms with van der Waals surface area (Å²) in [4.78, 5) is 2.37. The molecule has 5 heteroatoms. The normalized spacial score (nSPS) is 18.9. The first-order chi connectivity index (χ1) is 8.24. The summed E-state index contributed by atoms with van der Waals surface area (Å²) >= 11 is 3.46. The molecule has 0 radical (unpaired) electrons. The van der Waals surface area contributed by atoms with Gasteiger partial charge in [-0.2, -0.15) is 0 Å². The van der Waals surface area contributed by atoms with Crippen LogP contribution >= 0.6 is 15.9 Å². The molecule has 3 rings (SSSR count). The number of piperidine rings is 1. The first kappa shape index (κ1) is 11.2. The minimum absolute atomic E-state index is 0.544. The second-order valence-corrected chi connectivity index (χ2v) is 5.62. The Labute approximate surface area is 109 Å². The van der Waals surface area contributed by atoms with E-state index in [-0.39, 0.29) is 0 Å². The number of aromatic nitrogens is 3. The SMILES string of the molecule is CN1CCC(c2nnc3cc(Br)ccn23)CC1. The molecule has 0 saturated carbocycles. The van der Waals surface area contributed by atoms with E-state index in [1.54, 1.807) is 0 Å². The van der Waals surface area contributed by atoms with E-state index in [9.17, 15) is 0 Å². The van der Waals surface area contributed by atoms with Crippen LogP contribution in [0.4, 0.5) is 0 Å². The molecule has 17 heavy (non-hydrogen) atoms. The zero-order valence-electron chi connectivity index (χ0n) is 9.80. The Morgan fingerprint density at radius 1 is 1.29 bits per heavy atom. The lowest BCUT2D eigenvalue weighted by Gasteiger charge is -2.27. The fraction of sp³-hybridized carbons (Fsp3) is 0.500. The van der Waals surface area contributed by atoms with Crippen molar-refractivity contribution in [3.05, 3.63) is 28.6 Å². The third kappa shape index (κ3) is 2.09. The quantitative estimate of drug-likeness (QED) is 0.809. The largest absolute Gasteiger partial charge is 0.306 e. The Bertz CT molecular complexity index is 528. The second-order valence-electron chi connectivity index (χ2n) is 4.71. The van der Waals surface area contributed by atoms with Crippen LogP contribution in [-0.4, -0.2) is 39.6 Å². The van der Waals surface area contributed by atoms with Gasteiger partial charge in [-0.3, -0.25) is 4.40 Å². The van der Waals surface area contributed by atoms with Gasteiger partial charge in [0.25, 0.3) is 0 Å². The molecule has 0 bridgehead atoms. The molecule has 2 aromatic heterocycles. The van der Waals surface area contributed by atoms with Crippen LogP contribution in [0.5, 0.6) is 0 Å². The van der Waals surface area contributed by atoms with Crippen molar-refractivity contribution < 1.29 is 0 Å². The highest BCUT2D eigenvalue weighted by Gasteiger charge is 2.22. The molecule has 90 valence electrons. The Morgan fingerprint density at radius 2 is 2.06 bits per heavy atom. The van der Waals surface area contributed by atoms with Gasteiger partial charge in [0.2, 0.25) is 0 Å². The van der Waals surface area contributed by atoms with E-state index in [1.807, 2.05) is 18.3 Å². The van der Waals surface area contributed by atoms with E-state index in [0.717, 1.165) is 29.0 Å². The Morgan fingerprint density at radius 3 is 2.82 bits per heavy atom. The maximum atomic E-state index is 4.36. The van der Waals surface area contributed by atoms with Crippen LogP contribution in [0, 0.1) is 0 Å². The predicted molar refractivity (Wildman–Crippen MR) is 70.2 cm³/mol. The molecule has 0 atom stereocenters. The van der Waals surface area contributed by atoms with Crippen LogP contribution in [0.2, 0.25) is 0 Å². The summed E-state index contributed by atoms with van der Waals surface area (Å²) in [6, 6.07) is 4.04. The van der Waals surface area contributed by atoms with Gasteiger partial charge in [-0.25, -0.2) is 0 Å². The molecule has 3 heterocycles. The Balaban J connectivity index is 1.95. The molecule has 0 spiro atoms. The van der Waals surface area contributed by atoms with Crippen molar-refractivity contribution in [2.45, 2.75) is 18.8 Å². The van der Waals surface area contributed by atoms with E-state index < -0.39 is 0 Å². The summed E-state index contributed by atoms with van der Waals surface area (Å²) in [5.41, 5.74) is 0.924. The molecule has 0 amide bonds. The van der Waals surface area contributed by atoms with Gasteiger partial charge >= 0.3 is 0 Å². The van der Waals surface area contributed by atoms with Crippen LogP contribution < -0.4 is 0 Å². The highest BCUT2D eigenvalue weighted by Crippen LogP contribution is 2.26. The first-order valence-corrected chi connectivity index (χ1v) is 6.72. The van der Waals surface area contributed by atoms with Crippen LogP contribution in [0.15, 0.2) is 22.8 Å². The van der Waals surface area contributed by atoms with Crippen molar-refractivity contribution in [3.63, 3.8) is 0 Å². The van der Waals surface area contributed by atoms with E-state index in [1.165, 1.54) is 12.8 Å². The van der Waals surface area contributed by atoms with Crippen molar-refractivity contribution >= 4 is 21.6 Å². The molecule has 4 nitrogen and oxygen atoms in total. The zero-order valence-corrected chi connectivity index (χ0v) is 11.4. The molecule has 1 saturated heterocycles. The third-order valence-corrected chi connectivity index (χ3v) is 3.98. The van der Waals surface area contributed by atoms with Gasteiger partial charge in [-0.1, -0.05) is 15.9 Å². The van der Waals surface area contributed by atoms with E-state index in [0.29, 0.717) is 5.92 Å². The zero-order chi connectivity index (χ0) is 11.8. The minimum Gasteiger partial charge on any atom is -0.306 e. The van der Waals surface area contributed by atoms with Crippen molar-refractivity contribution in [3.8, 4) is 0 Å². The highest BCUT2D eigenvalue weighted by atomic mass is 79.9. The van der Waals surface area contributed by atoms with Crippen LogP contribution in [-0.2, 0) is 0 Å². The summed E-state index contributed by atoms with van der Waals surface area (Å²) in [5.74, 6) is 1.66. The minimum atomic E-state index is 0.544. The molecule has 0 N–H and O–H groups in total. The van der Waals surface area contributed by atoms with Crippen molar-refractivity contribution in [1.82, 2.24) is 19.5 Å². The first-order valence-electron chi connectivity index (χ1n) is 5.93. The molecular weight excluding hydrogens is 280 g/mol. The molecule has 0 aromatic carbocycles. The van der Waals surface area contributed by atoms with Crippen molar-refractivity contribution in [2.75, 3.05) is 20.1 Å². The number of fused-ring (bicyclic) bond motifs is 1. The maximum Gasteiger partial charge on any atom is 0.161 e. The molecule has 1 fully saturated rings. The van der Waals surface area contributed by atoms with E-state index in [2.05, 4.69) is 42.5 Å². The molecule has 0 unspecified atom stereocenters. The predicted octanol–water partition coefficient (Wildman–Crippen LogP) is 2.30. The summed E-state index contributed by atoms with van der Waals surface area (Å²) in [6.07, 6.45) is 4.40. The Kier molecular flexibility index (Phi) is 2.88. The second kappa shape index (κ2) is 4.38. The average Bonchev–Trinajstić information content (AvgIpc) is 2.73. The van der Waals surface area contributed by atoms with Crippen LogP contribution in [0.3, 0.4) is 0 Å². The number of halogens is 1. The van der Waals surface area contributed by atoms with Gasteiger partial charge in [-0.05, 0) is 45.1 Å². The monoisotopic (exact) mass is 294 g/mol. The van der Waals surface area contributed by atoms with Gasteiger partial charge in [0.15, 0.2) is 5.65 Å². The fourth-order valence-corrected chi connectivity index (χ4v) is 2.75. The molecule has 1 aliphatic rings. The van der Waals surface area contributed by atoms with Crippen LogP contribution in [0.1, 0.15) is 24.6 Å². The third-order valence-electron chi connectivity index (χ3n) is 3.48. The topological polar surface area (TPSA) is 33.4 Å². The Hall–Kier alpha value is -0.940. The number of likely N-dealkylation sites (tertiary alicyclic amines) is 1. The van der Waals surface area contributed by atoms with Gasteiger partial charge in [0, 0.05) is 16.6 Å². The van der Waals surface area contributed by atoms with E-state index >= 15 is 0 Å². The lowest BCUT2D eigenvalue weighted by Crippen LogP contribution is -2.29. The van der Waals surface area contributed by atoms with Crippen molar-refractivity contribution in [1.29, 1.82) is 0 Å². The summed E-state index contributed by atoms with van der Waals surface area (Å²) < 4.78 is 3.16. The van der Waals surface area contributed by atoms with Gasteiger partial charge in [0.05, 0.1) is 0 Å². The smallest absolute Gasteiger partial charge is 0.161 e.